The minimum atomic E-state index is -5.12. The Hall–Kier alpha value is -1.20. The minimum Gasteiger partial charge on any atom is -0.394 e. The van der Waals surface area contributed by atoms with E-state index in [2.05, 4.69) is 13.5 Å². The van der Waals surface area contributed by atoms with Crippen LogP contribution in [0.5, 0.6) is 0 Å². The summed E-state index contributed by atoms with van der Waals surface area (Å²) in [6, 6.07) is -1.42. The summed E-state index contributed by atoms with van der Waals surface area (Å²) in [5.74, 6) is -2.19. The molecule has 0 saturated carbocycles. The summed E-state index contributed by atoms with van der Waals surface area (Å²) in [5.41, 5.74) is 0. The summed E-state index contributed by atoms with van der Waals surface area (Å²) in [6.45, 7) is 5.14. The van der Waals surface area contributed by atoms with Crippen molar-refractivity contribution in [1.29, 1.82) is 0 Å². The van der Waals surface area contributed by atoms with Crippen LogP contribution in [0.25, 0.3) is 0 Å². The molecule has 31 heavy (non-hydrogen) atoms. The number of hydrogen-bond donors (Lipinski definition) is 3. The summed E-state index contributed by atoms with van der Waals surface area (Å²) in [5, 5.41) is 21.7. The highest BCUT2D eigenvalue weighted by Gasteiger charge is 2.50. The number of hydrogen-bond acceptors (Lipinski definition) is 6. The van der Waals surface area contributed by atoms with Gasteiger partial charge in [0.25, 0.3) is 0 Å². The highest BCUT2D eigenvalue weighted by atomic mass is 19.4. The van der Waals surface area contributed by atoms with Crippen molar-refractivity contribution in [2.24, 2.45) is 0 Å². The van der Waals surface area contributed by atoms with Gasteiger partial charge in [0, 0.05) is 6.61 Å². The Labute approximate surface area is 181 Å². The van der Waals surface area contributed by atoms with Gasteiger partial charge < -0.3 is 29.7 Å². The summed E-state index contributed by atoms with van der Waals surface area (Å²) in [6.07, 6.45) is -0.498. The van der Waals surface area contributed by atoms with Crippen LogP contribution in [0.4, 0.5) is 13.2 Å². The zero-order valence-electron chi connectivity index (χ0n) is 18.1. The van der Waals surface area contributed by atoms with Gasteiger partial charge in [-0.1, -0.05) is 57.9 Å². The SMILES string of the molecule is C=CCO[C@H]1O[C@H](CO)[C@@H](O)[C@H](OCCCCCCCCCC)[C@H]1NC(=O)C(F)(F)F. The van der Waals surface area contributed by atoms with Gasteiger partial charge >= 0.3 is 12.1 Å². The van der Waals surface area contributed by atoms with Crippen LogP contribution in [0.15, 0.2) is 12.7 Å². The molecule has 1 fully saturated rings. The molecule has 5 atom stereocenters. The Balaban J connectivity index is 2.71. The maximum absolute atomic E-state index is 12.8. The van der Waals surface area contributed by atoms with Crippen molar-refractivity contribution in [2.45, 2.75) is 95.1 Å². The Morgan fingerprint density at radius 1 is 1.13 bits per heavy atom. The zero-order valence-corrected chi connectivity index (χ0v) is 18.1. The fourth-order valence-electron chi connectivity index (χ4n) is 3.41. The van der Waals surface area contributed by atoms with E-state index in [9.17, 15) is 28.2 Å². The molecule has 7 nitrogen and oxygen atoms in total. The predicted octanol–water partition coefficient (Wildman–Crippen LogP) is 2.84. The molecule has 3 N–H and O–H groups in total. The number of ether oxygens (including phenoxy) is 3. The van der Waals surface area contributed by atoms with E-state index in [4.69, 9.17) is 14.2 Å². The van der Waals surface area contributed by atoms with Gasteiger partial charge in [-0.15, -0.1) is 6.58 Å². The molecule has 0 spiro atoms. The normalized spacial score (nSPS) is 26.6. The number of amides is 1. The maximum Gasteiger partial charge on any atom is 0.471 e. The number of halogens is 3. The van der Waals surface area contributed by atoms with Crippen molar-refractivity contribution in [3.8, 4) is 0 Å². The van der Waals surface area contributed by atoms with Gasteiger partial charge in [-0.2, -0.15) is 13.2 Å². The Bertz CT molecular complexity index is 520. The molecule has 1 aliphatic rings. The number of carbonyl (C=O) groups is 1. The fraction of sp³-hybridized carbons (Fsp3) is 0.857. The monoisotopic (exact) mass is 455 g/mol. The molecular weight excluding hydrogens is 419 g/mol. The second-order valence-electron chi connectivity index (χ2n) is 7.65. The molecule has 1 amide bonds. The van der Waals surface area contributed by atoms with E-state index in [1.165, 1.54) is 31.8 Å². The fourth-order valence-corrected chi connectivity index (χ4v) is 3.41. The molecule has 1 aliphatic heterocycles. The van der Waals surface area contributed by atoms with E-state index in [1.807, 2.05) is 5.32 Å². The van der Waals surface area contributed by atoms with Gasteiger partial charge in [0.1, 0.15) is 24.4 Å². The first-order chi connectivity index (χ1) is 14.8. The lowest BCUT2D eigenvalue weighted by atomic mass is 9.96. The molecule has 0 aromatic heterocycles. The number of aliphatic hydroxyl groups is 2. The highest BCUT2D eigenvalue weighted by Crippen LogP contribution is 2.26. The molecule has 0 aromatic rings. The summed E-state index contributed by atoms with van der Waals surface area (Å²) >= 11 is 0. The van der Waals surface area contributed by atoms with Crippen LogP contribution in [-0.4, -0.2) is 72.8 Å². The van der Waals surface area contributed by atoms with E-state index in [0.717, 1.165) is 19.3 Å². The lowest BCUT2D eigenvalue weighted by molar-refractivity contribution is -0.276. The Morgan fingerprint density at radius 2 is 1.74 bits per heavy atom. The van der Waals surface area contributed by atoms with Crippen LogP contribution in [-0.2, 0) is 19.0 Å². The number of alkyl halides is 3. The lowest BCUT2D eigenvalue weighted by Gasteiger charge is -2.44. The van der Waals surface area contributed by atoms with E-state index in [1.54, 1.807) is 0 Å². The van der Waals surface area contributed by atoms with Crippen molar-refractivity contribution >= 4 is 5.91 Å². The molecule has 0 radical (unpaired) electrons. The quantitative estimate of drug-likeness (QED) is 0.260. The molecule has 10 heteroatoms. The van der Waals surface area contributed by atoms with Gasteiger partial charge in [-0.05, 0) is 6.42 Å². The average Bonchev–Trinajstić information content (AvgIpc) is 2.72. The Kier molecular flexibility index (Phi) is 13.3. The van der Waals surface area contributed by atoms with Crippen LogP contribution in [0.1, 0.15) is 58.3 Å². The van der Waals surface area contributed by atoms with Crippen molar-refractivity contribution in [1.82, 2.24) is 5.32 Å². The molecule has 1 saturated heterocycles. The van der Waals surface area contributed by atoms with Crippen molar-refractivity contribution in [2.75, 3.05) is 19.8 Å². The minimum absolute atomic E-state index is 0.0674. The van der Waals surface area contributed by atoms with Gasteiger partial charge in [0.05, 0.1) is 13.2 Å². The molecule has 1 rings (SSSR count). The van der Waals surface area contributed by atoms with Crippen LogP contribution in [0, 0.1) is 0 Å². The van der Waals surface area contributed by atoms with Gasteiger partial charge in [0.2, 0.25) is 0 Å². The van der Waals surface area contributed by atoms with Crippen LogP contribution in [0.2, 0.25) is 0 Å². The van der Waals surface area contributed by atoms with Crippen molar-refractivity contribution in [3.05, 3.63) is 12.7 Å². The Morgan fingerprint density at radius 3 is 2.29 bits per heavy atom. The third-order valence-corrected chi connectivity index (χ3v) is 5.10. The van der Waals surface area contributed by atoms with Crippen molar-refractivity contribution in [3.63, 3.8) is 0 Å². The molecule has 182 valence electrons. The van der Waals surface area contributed by atoms with Crippen LogP contribution in [0.3, 0.4) is 0 Å². The molecule has 0 bridgehead atoms. The average molecular weight is 456 g/mol. The van der Waals surface area contributed by atoms with Crippen LogP contribution < -0.4 is 5.32 Å². The standard InChI is InChI=1S/C21H36F3NO6/c1-3-5-6-7-8-9-10-11-13-29-18-16(25-20(28)21(22,23)24)19(30-12-4-2)31-15(14-26)17(18)27/h4,15-19,26-27H,2-3,5-14H2,1H3,(H,25,28)/t15-,16-,17-,18-,19+/m1/s1. The largest absolute Gasteiger partial charge is 0.471 e. The second kappa shape index (κ2) is 14.8. The summed E-state index contributed by atoms with van der Waals surface area (Å²) in [7, 11) is 0. The number of nitrogens with one attached hydrogen (secondary N) is 1. The number of aliphatic hydroxyl groups excluding tert-OH is 2. The first kappa shape index (κ1) is 27.8. The smallest absolute Gasteiger partial charge is 0.394 e. The number of unbranched alkanes of at least 4 members (excludes halogenated alkanes) is 7. The van der Waals surface area contributed by atoms with Gasteiger partial charge in [-0.3, -0.25) is 4.79 Å². The molecule has 0 aliphatic carbocycles. The van der Waals surface area contributed by atoms with Crippen LogP contribution >= 0.6 is 0 Å². The third-order valence-electron chi connectivity index (χ3n) is 5.10. The maximum atomic E-state index is 12.8. The zero-order chi connectivity index (χ0) is 23.3. The summed E-state index contributed by atoms with van der Waals surface area (Å²) in [4.78, 5) is 11.5. The molecule has 0 aromatic carbocycles. The van der Waals surface area contributed by atoms with E-state index >= 15 is 0 Å². The molecule has 0 unspecified atom stereocenters. The van der Waals surface area contributed by atoms with E-state index in [0.29, 0.717) is 6.42 Å². The highest BCUT2D eigenvalue weighted by molar-refractivity contribution is 5.82. The van der Waals surface area contributed by atoms with E-state index in [-0.39, 0.29) is 13.2 Å². The molecular formula is C21H36F3NO6. The molecule has 1 heterocycles. The second-order valence-corrected chi connectivity index (χ2v) is 7.65. The van der Waals surface area contributed by atoms with E-state index < -0.39 is 49.3 Å². The first-order valence-corrected chi connectivity index (χ1v) is 10.9. The number of carbonyl (C=O) groups excluding carboxylic acids is 1. The van der Waals surface area contributed by atoms with Crippen molar-refractivity contribution < 1.29 is 42.4 Å². The predicted molar refractivity (Wildman–Crippen MR) is 108 cm³/mol. The third kappa shape index (κ3) is 9.86. The summed E-state index contributed by atoms with van der Waals surface area (Å²) < 4.78 is 54.8. The topological polar surface area (TPSA) is 97.2 Å². The first-order valence-electron chi connectivity index (χ1n) is 10.9. The van der Waals surface area contributed by atoms with Gasteiger partial charge in [0.15, 0.2) is 6.29 Å². The lowest BCUT2D eigenvalue weighted by Crippen LogP contribution is -2.66. The van der Waals surface area contributed by atoms with Gasteiger partial charge in [-0.25, -0.2) is 0 Å². The number of rotatable bonds is 15.